The van der Waals surface area contributed by atoms with Gasteiger partial charge in [0.2, 0.25) is 0 Å². The third kappa shape index (κ3) is 3.30. The van der Waals surface area contributed by atoms with Crippen LogP contribution in [0.3, 0.4) is 0 Å². The fourth-order valence-corrected chi connectivity index (χ4v) is 3.40. The number of rotatable bonds is 3. The number of nitrogens with one attached hydrogen (secondary N) is 1. The molecule has 0 bridgehead atoms. The predicted octanol–water partition coefficient (Wildman–Crippen LogP) is 4.15. The highest BCUT2D eigenvalue weighted by molar-refractivity contribution is 7.92. The third-order valence-electron chi connectivity index (χ3n) is 2.38. The minimum Gasteiger partial charge on any atom is -0.506 e. The van der Waals surface area contributed by atoms with E-state index in [0.717, 1.165) is 0 Å². The lowest BCUT2D eigenvalue weighted by molar-refractivity contribution is 0.476. The van der Waals surface area contributed by atoms with Crippen molar-refractivity contribution in [3.05, 3.63) is 51.5 Å². The standard InChI is InChI=1S/C12H8Cl3NO3S/c13-7-1-3-10(15)12(5-7)20(18,19)16-8-2-4-9(14)11(17)6-8/h1-6,16-17H. The Hall–Kier alpha value is -1.14. The second-order valence-corrected chi connectivity index (χ2v) is 6.75. The minimum atomic E-state index is -3.92. The van der Waals surface area contributed by atoms with Crippen LogP contribution in [0.25, 0.3) is 0 Å². The molecule has 8 heteroatoms. The molecule has 0 aliphatic carbocycles. The molecule has 4 nitrogen and oxygen atoms in total. The highest BCUT2D eigenvalue weighted by atomic mass is 35.5. The van der Waals surface area contributed by atoms with E-state index in [1.165, 1.54) is 36.4 Å². The van der Waals surface area contributed by atoms with Gasteiger partial charge in [0, 0.05) is 11.1 Å². The third-order valence-corrected chi connectivity index (χ3v) is 4.80. The van der Waals surface area contributed by atoms with Crippen molar-refractivity contribution in [3.8, 4) is 5.75 Å². The van der Waals surface area contributed by atoms with Crippen LogP contribution in [0.5, 0.6) is 5.75 Å². The van der Waals surface area contributed by atoms with Gasteiger partial charge in [-0.2, -0.15) is 0 Å². The van der Waals surface area contributed by atoms with Gasteiger partial charge in [-0.1, -0.05) is 34.8 Å². The maximum absolute atomic E-state index is 12.2. The Kier molecular flexibility index (Phi) is 4.34. The van der Waals surface area contributed by atoms with Crippen molar-refractivity contribution in [1.29, 1.82) is 0 Å². The van der Waals surface area contributed by atoms with Crippen LogP contribution < -0.4 is 4.72 Å². The maximum Gasteiger partial charge on any atom is 0.263 e. The van der Waals surface area contributed by atoms with Crippen LogP contribution in [0.2, 0.25) is 15.1 Å². The maximum atomic E-state index is 12.2. The number of halogens is 3. The lowest BCUT2D eigenvalue weighted by Crippen LogP contribution is -2.13. The molecule has 0 aromatic heterocycles. The fraction of sp³-hybridized carbons (Fsp3) is 0. The molecule has 0 atom stereocenters. The molecule has 0 aliphatic heterocycles. The molecule has 0 unspecified atom stereocenters. The average Bonchev–Trinajstić information content (AvgIpc) is 2.36. The zero-order valence-corrected chi connectivity index (χ0v) is 12.9. The summed E-state index contributed by atoms with van der Waals surface area (Å²) in [5.74, 6) is -0.232. The van der Waals surface area contributed by atoms with Crippen LogP contribution >= 0.6 is 34.8 Å². The smallest absolute Gasteiger partial charge is 0.263 e. The summed E-state index contributed by atoms with van der Waals surface area (Å²) in [5, 5.41) is 9.86. The first kappa shape index (κ1) is 15.3. The Balaban J connectivity index is 2.40. The number of sulfonamides is 1. The molecular formula is C12H8Cl3NO3S. The number of hydrogen-bond donors (Lipinski definition) is 2. The SMILES string of the molecule is O=S(=O)(Nc1ccc(Cl)c(O)c1)c1cc(Cl)ccc1Cl. The number of phenols is 1. The van der Waals surface area contributed by atoms with Crippen molar-refractivity contribution in [3.63, 3.8) is 0 Å². The summed E-state index contributed by atoms with van der Waals surface area (Å²) >= 11 is 17.3. The van der Waals surface area contributed by atoms with E-state index < -0.39 is 10.0 Å². The van der Waals surface area contributed by atoms with Crippen LogP contribution in [0.4, 0.5) is 5.69 Å². The van der Waals surface area contributed by atoms with Gasteiger partial charge in [-0.25, -0.2) is 8.42 Å². The van der Waals surface area contributed by atoms with Gasteiger partial charge in [0.05, 0.1) is 15.7 Å². The zero-order chi connectivity index (χ0) is 14.9. The average molecular weight is 353 g/mol. The van der Waals surface area contributed by atoms with E-state index in [-0.39, 0.29) is 31.4 Å². The summed E-state index contributed by atoms with van der Waals surface area (Å²) in [6, 6.07) is 8.08. The second kappa shape index (κ2) is 5.69. The molecule has 0 saturated heterocycles. The lowest BCUT2D eigenvalue weighted by atomic mass is 10.3. The molecule has 0 saturated carbocycles. The monoisotopic (exact) mass is 351 g/mol. The van der Waals surface area contributed by atoms with Crippen molar-refractivity contribution in [2.24, 2.45) is 0 Å². The van der Waals surface area contributed by atoms with Gasteiger partial charge in [-0.15, -0.1) is 0 Å². The van der Waals surface area contributed by atoms with Gasteiger partial charge in [0.1, 0.15) is 10.6 Å². The molecule has 20 heavy (non-hydrogen) atoms. The summed E-state index contributed by atoms with van der Waals surface area (Å²) in [5.41, 5.74) is 0.156. The highest BCUT2D eigenvalue weighted by Crippen LogP contribution is 2.30. The summed E-state index contributed by atoms with van der Waals surface area (Å²) < 4.78 is 26.7. The van der Waals surface area contributed by atoms with Crippen molar-refractivity contribution >= 4 is 50.5 Å². The zero-order valence-electron chi connectivity index (χ0n) is 9.77. The van der Waals surface area contributed by atoms with E-state index in [4.69, 9.17) is 34.8 Å². The Morgan fingerprint density at radius 1 is 0.950 bits per heavy atom. The largest absolute Gasteiger partial charge is 0.506 e. The molecule has 106 valence electrons. The van der Waals surface area contributed by atoms with Gasteiger partial charge in [-0.3, -0.25) is 4.72 Å². The molecular weight excluding hydrogens is 345 g/mol. The topological polar surface area (TPSA) is 66.4 Å². The normalized spacial score (nSPS) is 11.3. The summed E-state index contributed by atoms with van der Waals surface area (Å²) in [6.45, 7) is 0. The predicted molar refractivity (Wildman–Crippen MR) is 80.4 cm³/mol. The molecule has 0 aliphatic rings. The van der Waals surface area contributed by atoms with E-state index in [9.17, 15) is 13.5 Å². The fourth-order valence-electron chi connectivity index (χ4n) is 1.47. The quantitative estimate of drug-likeness (QED) is 0.872. The van der Waals surface area contributed by atoms with Crippen molar-refractivity contribution in [2.75, 3.05) is 4.72 Å². The Bertz CT molecular complexity index is 763. The minimum absolute atomic E-state index is 0.0417. The van der Waals surface area contributed by atoms with Crippen LogP contribution in [0, 0.1) is 0 Å². The van der Waals surface area contributed by atoms with Gasteiger partial charge in [-0.05, 0) is 30.3 Å². The van der Waals surface area contributed by atoms with Crippen molar-refractivity contribution in [2.45, 2.75) is 4.90 Å². The van der Waals surface area contributed by atoms with Crippen molar-refractivity contribution in [1.82, 2.24) is 0 Å². The first-order chi connectivity index (χ1) is 9.29. The first-order valence-corrected chi connectivity index (χ1v) is 7.88. The van der Waals surface area contributed by atoms with E-state index in [1.54, 1.807) is 0 Å². The number of phenolic OH excluding ortho intramolecular Hbond substituents is 1. The molecule has 2 rings (SSSR count). The number of benzene rings is 2. The lowest BCUT2D eigenvalue weighted by Gasteiger charge is -2.10. The molecule has 2 aromatic rings. The molecule has 0 radical (unpaired) electrons. The highest BCUT2D eigenvalue weighted by Gasteiger charge is 2.19. The summed E-state index contributed by atoms with van der Waals surface area (Å²) in [6.07, 6.45) is 0. The number of hydrogen-bond acceptors (Lipinski definition) is 3. The van der Waals surface area contributed by atoms with E-state index in [2.05, 4.69) is 4.72 Å². The molecule has 0 heterocycles. The molecule has 2 N–H and O–H groups in total. The number of anilines is 1. The Labute approximate surface area is 131 Å². The van der Waals surface area contributed by atoms with Gasteiger partial charge < -0.3 is 5.11 Å². The Morgan fingerprint density at radius 2 is 1.60 bits per heavy atom. The van der Waals surface area contributed by atoms with E-state index in [0.29, 0.717) is 0 Å². The van der Waals surface area contributed by atoms with Crippen LogP contribution in [0.1, 0.15) is 0 Å². The van der Waals surface area contributed by atoms with Gasteiger partial charge in [0.25, 0.3) is 10.0 Å². The summed E-state index contributed by atoms with van der Waals surface area (Å²) in [4.78, 5) is -0.152. The van der Waals surface area contributed by atoms with Gasteiger partial charge >= 0.3 is 0 Å². The molecule has 0 spiro atoms. The number of aromatic hydroxyl groups is 1. The molecule has 2 aromatic carbocycles. The van der Waals surface area contributed by atoms with Gasteiger partial charge in [0.15, 0.2) is 0 Å². The van der Waals surface area contributed by atoms with Crippen LogP contribution in [-0.4, -0.2) is 13.5 Å². The summed E-state index contributed by atoms with van der Waals surface area (Å²) in [7, 11) is -3.92. The van der Waals surface area contributed by atoms with E-state index >= 15 is 0 Å². The molecule has 0 amide bonds. The first-order valence-electron chi connectivity index (χ1n) is 5.26. The second-order valence-electron chi connectivity index (χ2n) is 3.85. The van der Waals surface area contributed by atoms with Crippen LogP contribution in [0.15, 0.2) is 41.3 Å². The Morgan fingerprint density at radius 3 is 2.25 bits per heavy atom. The van der Waals surface area contributed by atoms with Crippen molar-refractivity contribution < 1.29 is 13.5 Å². The van der Waals surface area contributed by atoms with E-state index in [1.807, 2.05) is 0 Å². The molecule has 0 fully saturated rings. The van der Waals surface area contributed by atoms with Crippen LogP contribution in [-0.2, 0) is 10.0 Å².